The molecule has 1 saturated heterocycles. The molecule has 0 radical (unpaired) electrons. The predicted octanol–water partition coefficient (Wildman–Crippen LogP) is 4.09. The van der Waals surface area contributed by atoms with E-state index >= 15 is 0 Å². The molecule has 1 fully saturated rings. The molecule has 2 aromatic carbocycles. The standard InChI is InChI=1S/C23H25F3N6O2/c1-13(33)28-15-5-4-10-32(12-15)21-16-6-3-7-19(34-2)20(16)30-22(31-21)29-14-8-9-18(27)17(11-14)23(24,25)26/h3,6-9,11,15H,4-5,10,12,27H2,1-2H3,(H,28,33)(H,29,30,31)/t15-/m1/s1. The Morgan fingerprint density at radius 2 is 2.03 bits per heavy atom. The van der Waals surface area contributed by atoms with Crippen molar-refractivity contribution in [3.63, 3.8) is 0 Å². The fourth-order valence-corrected chi connectivity index (χ4v) is 4.15. The number of rotatable bonds is 5. The fourth-order valence-electron chi connectivity index (χ4n) is 4.15. The Kier molecular flexibility index (Phi) is 6.36. The maximum absolute atomic E-state index is 13.3. The summed E-state index contributed by atoms with van der Waals surface area (Å²) in [4.78, 5) is 22.8. The van der Waals surface area contributed by atoms with E-state index in [9.17, 15) is 18.0 Å². The normalized spacial score (nSPS) is 16.4. The first-order chi connectivity index (χ1) is 16.2. The van der Waals surface area contributed by atoms with Gasteiger partial charge in [0.15, 0.2) is 0 Å². The zero-order valence-corrected chi connectivity index (χ0v) is 18.7. The number of alkyl halides is 3. The summed E-state index contributed by atoms with van der Waals surface area (Å²) in [7, 11) is 1.52. The molecule has 11 heteroatoms. The van der Waals surface area contributed by atoms with Crippen molar-refractivity contribution in [2.45, 2.75) is 32.0 Å². The highest BCUT2D eigenvalue weighted by Crippen LogP contribution is 2.37. The molecule has 1 aliphatic rings. The van der Waals surface area contributed by atoms with Gasteiger partial charge in [0, 0.05) is 42.8 Å². The van der Waals surface area contributed by atoms with Gasteiger partial charge in [-0.2, -0.15) is 18.2 Å². The van der Waals surface area contributed by atoms with E-state index in [0.717, 1.165) is 24.3 Å². The number of halogens is 3. The summed E-state index contributed by atoms with van der Waals surface area (Å²) < 4.78 is 45.4. The Balaban J connectivity index is 1.76. The van der Waals surface area contributed by atoms with Crippen LogP contribution in [0.15, 0.2) is 36.4 Å². The number of carbonyl (C=O) groups is 1. The monoisotopic (exact) mass is 474 g/mol. The second kappa shape index (κ2) is 9.24. The van der Waals surface area contributed by atoms with Gasteiger partial charge in [0.2, 0.25) is 11.9 Å². The van der Waals surface area contributed by atoms with Crippen LogP contribution < -0.4 is 26.0 Å². The zero-order chi connectivity index (χ0) is 24.5. The SMILES string of the molecule is COc1cccc2c(N3CCC[C@@H](NC(C)=O)C3)nc(Nc3ccc(N)c(C(F)(F)F)c3)nc12. The summed E-state index contributed by atoms with van der Waals surface area (Å²) in [6, 6.07) is 8.97. The van der Waals surface area contributed by atoms with Gasteiger partial charge in [-0.05, 0) is 43.2 Å². The lowest BCUT2D eigenvalue weighted by Crippen LogP contribution is -2.47. The van der Waals surface area contributed by atoms with Crippen molar-refractivity contribution < 1.29 is 22.7 Å². The van der Waals surface area contributed by atoms with Crippen LogP contribution >= 0.6 is 0 Å². The average Bonchev–Trinajstić information content (AvgIpc) is 2.78. The molecule has 0 bridgehead atoms. The van der Waals surface area contributed by atoms with Crippen molar-refractivity contribution in [3.8, 4) is 5.75 Å². The van der Waals surface area contributed by atoms with Crippen molar-refractivity contribution in [2.75, 3.05) is 36.1 Å². The Hall–Kier alpha value is -3.76. The topological polar surface area (TPSA) is 105 Å². The van der Waals surface area contributed by atoms with E-state index in [-0.39, 0.29) is 29.3 Å². The van der Waals surface area contributed by atoms with Crippen molar-refractivity contribution >= 4 is 40.0 Å². The number of piperidine rings is 1. The molecule has 1 aliphatic heterocycles. The highest BCUT2D eigenvalue weighted by atomic mass is 19.4. The van der Waals surface area contributed by atoms with E-state index in [1.807, 2.05) is 17.0 Å². The maximum Gasteiger partial charge on any atom is 0.418 e. The summed E-state index contributed by atoms with van der Waals surface area (Å²) in [5, 5.41) is 6.57. The first-order valence-corrected chi connectivity index (χ1v) is 10.8. The predicted molar refractivity (Wildman–Crippen MR) is 124 cm³/mol. The highest BCUT2D eigenvalue weighted by molar-refractivity contribution is 5.94. The molecule has 4 N–H and O–H groups in total. The van der Waals surface area contributed by atoms with Crippen LogP contribution in [0.4, 0.5) is 36.3 Å². The van der Waals surface area contributed by atoms with Crippen LogP contribution in [-0.4, -0.2) is 42.1 Å². The molecule has 2 heterocycles. The van der Waals surface area contributed by atoms with Gasteiger partial charge in [-0.15, -0.1) is 0 Å². The van der Waals surface area contributed by atoms with Crippen molar-refractivity contribution in [1.82, 2.24) is 15.3 Å². The van der Waals surface area contributed by atoms with E-state index in [4.69, 9.17) is 10.5 Å². The highest BCUT2D eigenvalue weighted by Gasteiger charge is 2.33. The van der Waals surface area contributed by atoms with Crippen LogP contribution in [0, 0.1) is 0 Å². The van der Waals surface area contributed by atoms with E-state index in [2.05, 4.69) is 20.6 Å². The third kappa shape index (κ3) is 4.92. The van der Waals surface area contributed by atoms with E-state index in [1.165, 1.54) is 26.2 Å². The Labute approximate surface area is 194 Å². The van der Waals surface area contributed by atoms with E-state index in [1.54, 1.807) is 6.07 Å². The van der Waals surface area contributed by atoms with Gasteiger partial charge in [-0.3, -0.25) is 4.79 Å². The number of carbonyl (C=O) groups excluding carboxylic acids is 1. The smallest absolute Gasteiger partial charge is 0.418 e. The van der Waals surface area contributed by atoms with Crippen LogP contribution in [0.5, 0.6) is 5.75 Å². The molecule has 1 aromatic heterocycles. The molecule has 4 rings (SSSR count). The molecule has 1 amide bonds. The molecule has 8 nitrogen and oxygen atoms in total. The van der Waals surface area contributed by atoms with Gasteiger partial charge >= 0.3 is 6.18 Å². The summed E-state index contributed by atoms with van der Waals surface area (Å²) >= 11 is 0. The third-order valence-electron chi connectivity index (χ3n) is 5.63. The minimum absolute atomic E-state index is 0.0373. The number of anilines is 4. The minimum atomic E-state index is -4.59. The van der Waals surface area contributed by atoms with Gasteiger partial charge < -0.3 is 26.0 Å². The van der Waals surface area contributed by atoms with Crippen LogP contribution in [0.2, 0.25) is 0 Å². The number of aromatic nitrogens is 2. The molecule has 180 valence electrons. The number of methoxy groups -OCH3 is 1. The largest absolute Gasteiger partial charge is 0.494 e. The number of fused-ring (bicyclic) bond motifs is 1. The van der Waals surface area contributed by atoms with Gasteiger partial charge in [0.05, 0.1) is 12.7 Å². The number of ether oxygens (including phenoxy) is 1. The number of nitrogens with zero attached hydrogens (tertiary/aromatic N) is 3. The van der Waals surface area contributed by atoms with E-state index in [0.29, 0.717) is 30.2 Å². The molecule has 34 heavy (non-hydrogen) atoms. The fraction of sp³-hybridized carbons (Fsp3) is 0.348. The van der Waals surface area contributed by atoms with Gasteiger partial charge in [-0.1, -0.05) is 6.07 Å². The number of para-hydroxylation sites is 1. The third-order valence-corrected chi connectivity index (χ3v) is 5.63. The Bertz CT molecular complexity index is 1220. The second-order valence-corrected chi connectivity index (χ2v) is 8.14. The first-order valence-electron chi connectivity index (χ1n) is 10.8. The number of hydrogen-bond donors (Lipinski definition) is 3. The van der Waals surface area contributed by atoms with E-state index < -0.39 is 11.7 Å². The van der Waals surface area contributed by atoms with Crippen LogP contribution in [0.1, 0.15) is 25.3 Å². The summed E-state index contributed by atoms with van der Waals surface area (Å²) in [5.74, 6) is 1.12. The van der Waals surface area contributed by atoms with Crippen LogP contribution in [0.3, 0.4) is 0 Å². The minimum Gasteiger partial charge on any atom is -0.494 e. The van der Waals surface area contributed by atoms with Crippen LogP contribution in [-0.2, 0) is 11.0 Å². The number of nitrogens with one attached hydrogen (secondary N) is 2. The van der Waals surface area contributed by atoms with Gasteiger partial charge in [0.25, 0.3) is 0 Å². The summed E-state index contributed by atoms with van der Waals surface area (Å²) in [5.41, 5.74) is 4.88. The molecule has 0 unspecified atom stereocenters. The van der Waals surface area contributed by atoms with Gasteiger partial charge in [0.1, 0.15) is 17.1 Å². The average molecular weight is 474 g/mol. The summed E-state index contributed by atoms with van der Waals surface area (Å²) in [6.07, 6.45) is -2.90. The number of nitrogen functional groups attached to an aromatic ring is 1. The Morgan fingerprint density at radius 1 is 1.24 bits per heavy atom. The molecular weight excluding hydrogens is 449 g/mol. The number of hydrogen-bond acceptors (Lipinski definition) is 7. The maximum atomic E-state index is 13.3. The molecule has 0 aliphatic carbocycles. The van der Waals surface area contributed by atoms with Crippen molar-refractivity contribution in [2.24, 2.45) is 0 Å². The lowest BCUT2D eigenvalue weighted by atomic mass is 10.0. The number of amides is 1. The van der Waals surface area contributed by atoms with Crippen LogP contribution in [0.25, 0.3) is 10.9 Å². The molecule has 1 atom stereocenters. The molecular formula is C23H25F3N6O2. The molecule has 0 saturated carbocycles. The lowest BCUT2D eigenvalue weighted by Gasteiger charge is -2.34. The Morgan fingerprint density at radius 3 is 2.74 bits per heavy atom. The number of benzene rings is 2. The van der Waals surface area contributed by atoms with Crippen molar-refractivity contribution in [1.29, 1.82) is 0 Å². The second-order valence-electron chi connectivity index (χ2n) is 8.14. The summed E-state index contributed by atoms with van der Waals surface area (Å²) in [6.45, 7) is 2.73. The lowest BCUT2D eigenvalue weighted by molar-refractivity contribution is -0.136. The quantitative estimate of drug-likeness (QED) is 0.479. The van der Waals surface area contributed by atoms with Gasteiger partial charge in [-0.25, -0.2) is 4.98 Å². The number of nitrogens with two attached hydrogens (primary N) is 1. The molecule has 3 aromatic rings. The zero-order valence-electron chi connectivity index (χ0n) is 18.7. The first kappa shape index (κ1) is 23.4. The molecule has 0 spiro atoms. The van der Waals surface area contributed by atoms with Crippen molar-refractivity contribution in [3.05, 3.63) is 42.0 Å².